The van der Waals surface area contributed by atoms with Crippen LogP contribution in [0.3, 0.4) is 0 Å². The molecule has 0 bridgehead atoms. The summed E-state index contributed by atoms with van der Waals surface area (Å²) in [6.07, 6.45) is 6.71. The molecule has 0 saturated carbocycles. The summed E-state index contributed by atoms with van der Waals surface area (Å²) in [5, 5.41) is 10.1. The van der Waals surface area contributed by atoms with Crippen molar-refractivity contribution in [2.24, 2.45) is 0 Å². The van der Waals surface area contributed by atoms with Gasteiger partial charge in [-0.1, -0.05) is 0 Å². The Labute approximate surface area is 98.3 Å². The number of anilines is 1. The van der Waals surface area contributed by atoms with Gasteiger partial charge in [0.15, 0.2) is 0 Å². The summed E-state index contributed by atoms with van der Waals surface area (Å²) in [7, 11) is 0. The number of hydrogen-bond donors (Lipinski definition) is 3. The van der Waals surface area contributed by atoms with Crippen molar-refractivity contribution in [1.29, 1.82) is 0 Å². The molecule has 0 aromatic carbocycles. The van der Waals surface area contributed by atoms with Crippen molar-refractivity contribution < 1.29 is 0 Å². The maximum Gasteiger partial charge on any atom is 0.248 e. The Hall–Kier alpha value is -2.04. The van der Waals surface area contributed by atoms with Crippen LogP contribution in [0.1, 0.15) is 30.1 Å². The lowest BCUT2D eigenvalue weighted by Crippen LogP contribution is -2.21. The van der Waals surface area contributed by atoms with Crippen molar-refractivity contribution in [3.8, 4) is 0 Å². The number of nitrogens with one attached hydrogen (secondary N) is 3. The van der Waals surface area contributed by atoms with Crippen LogP contribution in [-0.4, -0.2) is 15.2 Å². The van der Waals surface area contributed by atoms with Gasteiger partial charge in [-0.25, -0.2) is 0 Å². The topological polar surface area (TPSA) is 73.6 Å². The first-order chi connectivity index (χ1) is 8.33. The second-order valence-electron chi connectivity index (χ2n) is 4.33. The fourth-order valence-electron chi connectivity index (χ4n) is 2.38. The Morgan fingerprint density at radius 2 is 2.35 bits per heavy atom. The van der Waals surface area contributed by atoms with Crippen molar-refractivity contribution in [2.75, 3.05) is 5.32 Å². The number of aromatic nitrogens is 3. The molecule has 1 unspecified atom stereocenters. The minimum atomic E-state index is -0.0206. The number of aryl methyl sites for hydroxylation is 1. The summed E-state index contributed by atoms with van der Waals surface area (Å²) in [6.45, 7) is 0. The van der Waals surface area contributed by atoms with Crippen molar-refractivity contribution in [3.05, 3.63) is 46.1 Å². The first-order valence-electron chi connectivity index (χ1n) is 5.80. The third kappa shape index (κ3) is 1.95. The van der Waals surface area contributed by atoms with E-state index in [2.05, 4.69) is 20.5 Å². The lowest BCUT2D eigenvalue weighted by Gasteiger charge is -2.26. The summed E-state index contributed by atoms with van der Waals surface area (Å²) < 4.78 is 0. The zero-order valence-corrected chi connectivity index (χ0v) is 9.36. The number of hydrogen-bond acceptors (Lipinski definition) is 3. The quantitative estimate of drug-likeness (QED) is 0.733. The van der Waals surface area contributed by atoms with Crippen molar-refractivity contribution >= 4 is 5.69 Å². The molecule has 1 aliphatic carbocycles. The Morgan fingerprint density at radius 3 is 3.18 bits per heavy atom. The lowest BCUT2D eigenvalue weighted by atomic mass is 9.91. The summed E-state index contributed by atoms with van der Waals surface area (Å²) in [4.78, 5) is 14.2. The van der Waals surface area contributed by atoms with Gasteiger partial charge in [-0.05, 0) is 30.9 Å². The second kappa shape index (κ2) is 4.08. The molecule has 0 fully saturated rings. The molecule has 0 saturated heterocycles. The summed E-state index contributed by atoms with van der Waals surface area (Å²) in [5.41, 5.74) is 3.21. The van der Waals surface area contributed by atoms with Gasteiger partial charge in [0.25, 0.3) is 0 Å². The molecule has 2 aromatic rings. The number of pyridine rings is 1. The zero-order valence-electron chi connectivity index (χ0n) is 9.36. The maximum atomic E-state index is 11.3. The average molecular weight is 230 g/mol. The third-order valence-electron chi connectivity index (χ3n) is 3.17. The number of H-pyrrole nitrogens is 2. The molecule has 0 radical (unpaired) electrons. The predicted molar refractivity (Wildman–Crippen MR) is 65.0 cm³/mol. The maximum absolute atomic E-state index is 11.3. The highest BCUT2D eigenvalue weighted by molar-refractivity contribution is 5.42. The minimum absolute atomic E-state index is 0.0206. The SMILES string of the molecule is O=c1ccc2c([nH]1)CCCC2Nc1cn[nH]c1. The van der Waals surface area contributed by atoms with Gasteiger partial charge in [0.2, 0.25) is 5.56 Å². The minimum Gasteiger partial charge on any atom is -0.376 e. The summed E-state index contributed by atoms with van der Waals surface area (Å²) >= 11 is 0. The van der Waals surface area contributed by atoms with E-state index in [1.54, 1.807) is 12.3 Å². The molecular weight excluding hydrogens is 216 g/mol. The molecule has 0 aliphatic heterocycles. The Balaban J connectivity index is 1.91. The summed E-state index contributed by atoms with van der Waals surface area (Å²) in [6, 6.07) is 3.77. The smallest absolute Gasteiger partial charge is 0.248 e. The van der Waals surface area contributed by atoms with E-state index < -0.39 is 0 Å². The molecule has 0 spiro atoms. The number of rotatable bonds is 2. The molecule has 88 valence electrons. The van der Waals surface area contributed by atoms with Crippen LogP contribution in [-0.2, 0) is 6.42 Å². The van der Waals surface area contributed by atoms with E-state index in [0.717, 1.165) is 30.6 Å². The van der Waals surface area contributed by atoms with Crippen LogP contribution in [0.5, 0.6) is 0 Å². The van der Waals surface area contributed by atoms with Crippen LogP contribution in [0, 0.1) is 0 Å². The summed E-state index contributed by atoms with van der Waals surface area (Å²) in [5.74, 6) is 0. The van der Waals surface area contributed by atoms with E-state index in [-0.39, 0.29) is 11.6 Å². The van der Waals surface area contributed by atoms with Crippen molar-refractivity contribution in [3.63, 3.8) is 0 Å². The molecule has 3 N–H and O–H groups in total. The highest BCUT2D eigenvalue weighted by Gasteiger charge is 2.20. The Bertz CT molecular complexity index is 558. The van der Waals surface area contributed by atoms with Crippen LogP contribution in [0.2, 0.25) is 0 Å². The van der Waals surface area contributed by atoms with Gasteiger partial charge < -0.3 is 10.3 Å². The lowest BCUT2D eigenvalue weighted by molar-refractivity contribution is 0.587. The van der Waals surface area contributed by atoms with Crippen LogP contribution >= 0.6 is 0 Å². The standard InChI is InChI=1S/C12H14N4O/c17-12-5-4-9-10(2-1-3-11(9)16-12)15-8-6-13-14-7-8/h4-7,10,15H,1-3H2,(H,13,14)(H,16,17). The van der Waals surface area contributed by atoms with E-state index in [1.807, 2.05) is 12.3 Å². The third-order valence-corrected chi connectivity index (χ3v) is 3.17. The fraction of sp³-hybridized carbons (Fsp3) is 0.333. The first kappa shape index (κ1) is 10.1. The van der Waals surface area contributed by atoms with Crippen LogP contribution in [0.4, 0.5) is 5.69 Å². The van der Waals surface area contributed by atoms with Gasteiger partial charge in [-0.2, -0.15) is 5.10 Å². The molecule has 17 heavy (non-hydrogen) atoms. The molecule has 0 amide bonds. The normalized spacial score (nSPS) is 18.7. The molecule has 1 aliphatic rings. The molecule has 5 heteroatoms. The largest absolute Gasteiger partial charge is 0.376 e. The van der Waals surface area contributed by atoms with Gasteiger partial charge in [0.05, 0.1) is 17.9 Å². The van der Waals surface area contributed by atoms with Crippen LogP contribution in [0.25, 0.3) is 0 Å². The fourth-order valence-corrected chi connectivity index (χ4v) is 2.38. The van der Waals surface area contributed by atoms with E-state index >= 15 is 0 Å². The van der Waals surface area contributed by atoms with E-state index in [0.29, 0.717) is 0 Å². The predicted octanol–water partition coefficient (Wildman–Crippen LogP) is 1.59. The van der Waals surface area contributed by atoms with E-state index in [1.165, 1.54) is 5.56 Å². The highest BCUT2D eigenvalue weighted by atomic mass is 16.1. The van der Waals surface area contributed by atoms with Gasteiger partial charge in [0.1, 0.15) is 0 Å². The Morgan fingerprint density at radius 1 is 1.41 bits per heavy atom. The molecule has 2 aromatic heterocycles. The number of aromatic amines is 2. The van der Waals surface area contributed by atoms with Gasteiger partial charge >= 0.3 is 0 Å². The van der Waals surface area contributed by atoms with Crippen molar-refractivity contribution in [1.82, 2.24) is 15.2 Å². The molecule has 1 atom stereocenters. The molecule has 2 heterocycles. The monoisotopic (exact) mass is 230 g/mol. The number of nitrogens with zero attached hydrogens (tertiary/aromatic N) is 1. The van der Waals surface area contributed by atoms with Crippen LogP contribution in [0.15, 0.2) is 29.3 Å². The molecular formula is C12H14N4O. The van der Waals surface area contributed by atoms with Crippen molar-refractivity contribution in [2.45, 2.75) is 25.3 Å². The van der Waals surface area contributed by atoms with Gasteiger partial charge in [-0.15, -0.1) is 0 Å². The van der Waals surface area contributed by atoms with Gasteiger partial charge in [0, 0.05) is 18.0 Å². The van der Waals surface area contributed by atoms with Crippen LogP contribution < -0.4 is 10.9 Å². The average Bonchev–Trinajstić information content (AvgIpc) is 2.82. The van der Waals surface area contributed by atoms with E-state index in [9.17, 15) is 4.79 Å². The first-order valence-corrected chi connectivity index (χ1v) is 5.80. The second-order valence-corrected chi connectivity index (χ2v) is 4.33. The highest BCUT2D eigenvalue weighted by Crippen LogP contribution is 2.30. The zero-order chi connectivity index (χ0) is 11.7. The van der Waals surface area contributed by atoms with Gasteiger partial charge in [-0.3, -0.25) is 9.89 Å². The number of fused-ring (bicyclic) bond motifs is 1. The molecule has 3 rings (SSSR count). The van der Waals surface area contributed by atoms with E-state index in [4.69, 9.17) is 0 Å². The molecule has 5 nitrogen and oxygen atoms in total. The Kier molecular flexibility index (Phi) is 2.44.